The van der Waals surface area contributed by atoms with E-state index in [1.807, 2.05) is 77.7 Å². The summed E-state index contributed by atoms with van der Waals surface area (Å²) in [6.07, 6.45) is 1.75. The van der Waals surface area contributed by atoms with Gasteiger partial charge in [0, 0.05) is 23.3 Å². The molecule has 4 aromatic rings. The van der Waals surface area contributed by atoms with E-state index in [2.05, 4.69) is 17.1 Å². The smallest absolute Gasteiger partial charge is 0.254 e. The Kier molecular flexibility index (Phi) is 5.61. The maximum Gasteiger partial charge on any atom is 0.254 e. The number of amides is 1. The van der Waals surface area contributed by atoms with Gasteiger partial charge in [0.05, 0.1) is 12.2 Å². The molecule has 0 atom stereocenters. The van der Waals surface area contributed by atoms with Crippen LogP contribution in [0.2, 0.25) is 5.02 Å². The zero-order valence-corrected chi connectivity index (χ0v) is 18.1. The molecule has 0 saturated carbocycles. The van der Waals surface area contributed by atoms with Crippen molar-refractivity contribution in [2.24, 2.45) is 0 Å². The molecule has 0 unspecified atom stereocenters. The molecule has 4 nitrogen and oxygen atoms in total. The second kappa shape index (κ2) is 8.85. The lowest BCUT2D eigenvalue weighted by Crippen LogP contribution is -2.23. The van der Waals surface area contributed by atoms with Crippen LogP contribution in [0.5, 0.6) is 5.75 Å². The lowest BCUT2D eigenvalue weighted by molar-refractivity contribution is 0.0764. The molecule has 5 heteroatoms. The van der Waals surface area contributed by atoms with Gasteiger partial charge >= 0.3 is 0 Å². The highest BCUT2D eigenvalue weighted by Gasteiger charge is 2.27. The summed E-state index contributed by atoms with van der Waals surface area (Å²) in [5, 5.41) is 0.724. The summed E-state index contributed by atoms with van der Waals surface area (Å²) >= 11 is 6.00. The van der Waals surface area contributed by atoms with Crippen molar-refractivity contribution in [1.82, 2.24) is 9.88 Å². The molecule has 1 aromatic heterocycles. The van der Waals surface area contributed by atoms with Gasteiger partial charge in [0.1, 0.15) is 12.4 Å². The van der Waals surface area contributed by atoms with Gasteiger partial charge in [0.25, 0.3) is 5.91 Å². The summed E-state index contributed by atoms with van der Waals surface area (Å²) < 4.78 is 6.05. The first-order chi connectivity index (χ1) is 15.7. The summed E-state index contributed by atoms with van der Waals surface area (Å²) in [4.78, 5) is 18.9. The van der Waals surface area contributed by atoms with E-state index in [4.69, 9.17) is 16.3 Å². The van der Waals surface area contributed by atoms with Crippen LogP contribution in [0.4, 0.5) is 0 Å². The zero-order valence-electron chi connectivity index (χ0n) is 17.4. The van der Waals surface area contributed by atoms with Gasteiger partial charge in [0.15, 0.2) is 0 Å². The molecule has 0 radical (unpaired) electrons. The number of nitrogens with zero attached hydrogens (tertiary/aromatic N) is 2. The first-order valence-electron chi connectivity index (χ1n) is 10.5. The van der Waals surface area contributed by atoms with Crippen LogP contribution >= 0.6 is 11.6 Å². The van der Waals surface area contributed by atoms with Crippen LogP contribution in [0.25, 0.3) is 11.1 Å². The van der Waals surface area contributed by atoms with Crippen molar-refractivity contribution in [3.63, 3.8) is 0 Å². The Morgan fingerprint density at radius 3 is 2.59 bits per heavy atom. The average molecular weight is 441 g/mol. The summed E-state index contributed by atoms with van der Waals surface area (Å²) in [6, 6.07) is 27.5. The lowest BCUT2D eigenvalue weighted by atomic mass is 10.0. The number of rotatable bonds is 6. The molecule has 0 fully saturated rings. The largest absolute Gasteiger partial charge is 0.489 e. The maximum absolute atomic E-state index is 12.7. The molecule has 0 N–H and O–H groups in total. The van der Waals surface area contributed by atoms with Gasteiger partial charge in [-0.3, -0.25) is 9.78 Å². The van der Waals surface area contributed by atoms with Crippen molar-refractivity contribution in [2.75, 3.05) is 0 Å². The van der Waals surface area contributed by atoms with Crippen LogP contribution in [0.15, 0.2) is 91.1 Å². The quantitative estimate of drug-likeness (QED) is 0.362. The van der Waals surface area contributed by atoms with E-state index in [0.29, 0.717) is 19.7 Å². The van der Waals surface area contributed by atoms with Crippen molar-refractivity contribution in [3.05, 3.63) is 119 Å². The summed E-state index contributed by atoms with van der Waals surface area (Å²) in [5.74, 6) is 0.793. The fraction of sp³-hybridized carbons (Fsp3) is 0.111. The molecular weight excluding hydrogens is 420 g/mol. The molecule has 2 heterocycles. The van der Waals surface area contributed by atoms with Crippen molar-refractivity contribution < 1.29 is 9.53 Å². The van der Waals surface area contributed by atoms with Crippen LogP contribution in [0.3, 0.4) is 0 Å². The number of ether oxygens (including phenoxy) is 1. The highest BCUT2D eigenvalue weighted by molar-refractivity contribution is 6.30. The number of benzene rings is 3. The lowest BCUT2D eigenvalue weighted by Gasteiger charge is -2.14. The molecule has 0 bridgehead atoms. The Morgan fingerprint density at radius 2 is 1.78 bits per heavy atom. The Balaban J connectivity index is 1.26. The minimum absolute atomic E-state index is 0.0351. The molecule has 0 saturated heterocycles. The van der Waals surface area contributed by atoms with Crippen molar-refractivity contribution >= 4 is 17.5 Å². The second-order valence-electron chi connectivity index (χ2n) is 7.80. The normalized spacial score (nSPS) is 12.7. The first kappa shape index (κ1) is 20.3. The predicted molar refractivity (Wildman–Crippen MR) is 125 cm³/mol. The zero-order chi connectivity index (χ0) is 21.9. The average Bonchev–Trinajstić information content (AvgIpc) is 3.13. The number of pyridine rings is 1. The molecule has 1 aliphatic heterocycles. The summed E-state index contributed by atoms with van der Waals surface area (Å²) in [7, 11) is 0. The number of carbonyl (C=O) groups is 1. The minimum Gasteiger partial charge on any atom is -0.489 e. The van der Waals surface area contributed by atoms with Gasteiger partial charge in [0.2, 0.25) is 0 Å². The SMILES string of the molecule is O=C1c2ccc(OCc3cccc(-c4ccc(Cl)cc4)c3)cc2CN1Cc1ccccn1. The monoisotopic (exact) mass is 440 g/mol. The molecular formula is C27H21ClN2O2. The van der Waals surface area contributed by atoms with E-state index in [1.165, 1.54) is 0 Å². The van der Waals surface area contributed by atoms with E-state index in [0.717, 1.165) is 44.3 Å². The highest BCUT2D eigenvalue weighted by Crippen LogP contribution is 2.29. The molecule has 0 aliphatic carbocycles. The highest BCUT2D eigenvalue weighted by atomic mass is 35.5. The van der Waals surface area contributed by atoms with Gasteiger partial charge in [-0.25, -0.2) is 0 Å². The van der Waals surface area contributed by atoms with Crippen molar-refractivity contribution in [2.45, 2.75) is 19.7 Å². The van der Waals surface area contributed by atoms with Gasteiger partial charge in [-0.05, 0) is 70.8 Å². The Bertz CT molecular complexity index is 1260. The third kappa shape index (κ3) is 4.36. The first-order valence-corrected chi connectivity index (χ1v) is 10.8. The molecule has 5 rings (SSSR count). The molecule has 0 spiro atoms. The number of halogens is 1. The molecule has 1 aliphatic rings. The molecule has 158 valence electrons. The van der Waals surface area contributed by atoms with Crippen LogP contribution in [0.1, 0.15) is 27.2 Å². The second-order valence-corrected chi connectivity index (χ2v) is 8.23. The minimum atomic E-state index is 0.0351. The van der Waals surface area contributed by atoms with Crippen molar-refractivity contribution in [1.29, 1.82) is 0 Å². The van der Waals surface area contributed by atoms with Gasteiger partial charge in [-0.15, -0.1) is 0 Å². The van der Waals surface area contributed by atoms with Crippen LogP contribution < -0.4 is 4.74 Å². The third-order valence-corrected chi connectivity index (χ3v) is 5.80. The van der Waals surface area contributed by atoms with Crippen molar-refractivity contribution in [3.8, 4) is 16.9 Å². The van der Waals surface area contributed by atoms with Crippen LogP contribution in [-0.2, 0) is 19.7 Å². The summed E-state index contributed by atoms with van der Waals surface area (Å²) in [5.41, 5.74) is 5.90. The van der Waals surface area contributed by atoms with E-state index in [-0.39, 0.29) is 5.91 Å². The third-order valence-electron chi connectivity index (χ3n) is 5.54. The molecule has 32 heavy (non-hydrogen) atoms. The number of carbonyl (C=O) groups excluding carboxylic acids is 1. The Hall–Kier alpha value is -3.63. The number of fused-ring (bicyclic) bond motifs is 1. The van der Waals surface area contributed by atoms with Gasteiger partial charge in [-0.2, -0.15) is 0 Å². The number of hydrogen-bond acceptors (Lipinski definition) is 3. The fourth-order valence-electron chi connectivity index (χ4n) is 3.91. The number of aromatic nitrogens is 1. The van der Waals surface area contributed by atoms with E-state index >= 15 is 0 Å². The molecule has 1 amide bonds. The molecule has 3 aromatic carbocycles. The topological polar surface area (TPSA) is 42.4 Å². The maximum atomic E-state index is 12.7. The van der Waals surface area contributed by atoms with Gasteiger partial charge in [-0.1, -0.05) is 48.0 Å². The predicted octanol–water partition coefficient (Wildman–Crippen LogP) is 6.14. The summed E-state index contributed by atoms with van der Waals surface area (Å²) in [6.45, 7) is 1.52. The number of hydrogen-bond donors (Lipinski definition) is 0. The van der Waals surface area contributed by atoms with E-state index in [9.17, 15) is 4.79 Å². The Labute approximate surface area is 192 Å². The van der Waals surface area contributed by atoms with E-state index < -0.39 is 0 Å². The van der Waals surface area contributed by atoms with Gasteiger partial charge < -0.3 is 9.64 Å². The van der Waals surface area contributed by atoms with E-state index in [1.54, 1.807) is 6.20 Å². The Morgan fingerprint density at radius 1 is 0.906 bits per heavy atom. The standard InChI is InChI=1S/C27H21ClN2O2/c28-23-9-7-20(8-10-23)21-5-3-4-19(14-21)18-32-25-11-12-26-22(15-25)16-30(27(26)31)17-24-6-1-2-13-29-24/h1-15H,16-18H2. The fourth-order valence-corrected chi connectivity index (χ4v) is 4.04. The van der Waals surface area contributed by atoms with Crippen LogP contribution in [-0.4, -0.2) is 15.8 Å². The van der Waals surface area contributed by atoms with Crippen LogP contribution in [0, 0.1) is 0 Å².